The van der Waals surface area contributed by atoms with E-state index in [0.717, 1.165) is 22.0 Å². The fraction of sp³-hybridized carbons (Fsp3) is 0.281. The van der Waals surface area contributed by atoms with Gasteiger partial charge in [-0.1, -0.05) is 54.6 Å². The number of fused-ring (bicyclic) bond motifs is 4. The van der Waals surface area contributed by atoms with E-state index >= 15 is 0 Å². The molecule has 0 spiro atoms. The molecule has 3 atom stereocenters. The summed E-state index contributed by atoms with van der Waals surface area (Å²) in [5, 5.41) is 14.6. The number of hydrogen-bond acceptors (Lipinski definition) is 7. The van der Waals surface area contributed by atoms with Crippen molar-refractivity contribution in [3.05, 3.63) is 95.2 Å². The van der Waals surface area contributed by atoms with Crippen LogP contribution < -0.4 is 14.8 Å². The molecule has 214 valence electrons. The van der Waals surface area contributed by atoms with E-state index in [2.05, 4.69) is 10.3 Å². The Labute approximate surface area is 241 Å². The fourth-order valence-corrected chi connectivity index (χ4v) is 6.41. The van der Waals surface area contributed by atoms with Crippen molar-refractivity contribution in [1.82, 2.24) is 15.2 Å². The van der Waals surface area contributed by atoms with Gasteiger partial charge in [0.25, 0.3) is 5.91 Å². The summed E-state index contributed by atoms with van der Waals surface area (Å²) in [7, 11) is 0. The number of esters is 1. The van der Waals surface area contributed by atoms with E-state index in [4.69, 9.17) is 14.2 Å². The first kappa shape index (κ1) is 26.1. The molecule has 10 nitrogen and oxygen atoms in total. The predicted octanol–water partition coefficient (Wildman–Crippen LogP) is 3.69. The van der Waals surface area contributed by atoms with Crippen LogP contribution in [-0.4, -0.2) is 57.8 Å². The SMILES string of the molecule is O=C(O)C1Cc2c([nH]c3ccccc23)C(c2ccc3c(c2)OCO3)N1C(=O)[C@@]1(C(=O)OCc2ccccc2)CCCN1. The van der Waals surface area contributed by atoms with Crippen LogP contribution in [0, 0.1) is 0 Å². The highest BCUT2D eigenvalue weighted by atomic mass is 16.7. The number of rotatable bonds is 6. The van der Waals surface area contributed by atoms with Gasteiger partial charge in [-0.25, -0.2) is 9.59 Å². The number of nitrogens with one attached hydrogen (secondary N) is 2. The van der Waals surface area contributed by atoms with Gasteiger partial charge in [0, 0.05) is 23.0 Å². The van der Waals surface area contributed by atoms with Crippen LogP contribution in [0.4, 0.5) is 0 Å². The molecule has 4 aromatic rings. The normalized spacial score (nSPS) is 22.6. The lowest BCUT2D eigenvalue weighted by atomic mass is 9.84. The molecule has 3 aliphatic rings. The van der Waals surface area contributed by atoms with E-state index in [1.807, 2.05) is 54.6 Å². The van der Waals surface area contributed by atoms with Crippen molar-refractivity contribution in [3.63, 3.8) is 0 Å². The molecule has 4 heterocycles. The molecular weight excluding hydrogens is 538 g/mol. The van der Waals surface area contributed by atoms with Crippen LogP contribution in [0.3, 0.4) is 0 Å². The summed E-state index contributed by atoms with van der Waals surface area (Å²) in [5.74, 6) is -1.43. The number of para-hydroxylation sites is 1. The minimum atomic E-state index is -1.72. The molecule has 3 N–H and O–H groups in total. The topological polar surface area (TPSA) is 130 Å². The Bertz CT molecular complexity index is 1690. The highest BCUT2D eigenvalue weighted by Crippen LogP contribution is 2.45. The second kappa shape index (κ2) is 10.2. The van der Waals surface area contributed by atoms with Crippen LogP contribution in [0.25, 0.3) is 10.9 Å². The number of ether oxygens (including phenoxy) is 3. The molecule has 1 aromatic heterocycles. The van der Waals surface area contributed by atoms with E-state index in [-0.39, 0.29) is 26.2 Å². The summed E-state index contributed by atoms with van der Waals surface area (Å²) >= 11 is 0. The number of carboxylic acid groups (broad SMARTS) is 1. The lowest BCUT2D eigenvalue weighted by molar-refractivity contribution is -0.166. The van der Waals surface area contributed by atoms with Gasteiger partial charge in [0.15, 0.2) is 17.0 Å². The monoisotopic (exact) mass is 567 g/mol. The summed E-state index contributed by atoms with van der Waals surface area (Å²) in [4.78, 5) is 46.2. The molecule has 0 bridgehead atoms. The lowest BCUT2D eigenvalue weighted by Gasteiger charge is -2.43. The molecule has 2 unspecified atom stereocenters. The zero-order valence-electron chi connectivity index (χ0n) is 22.7. The quantitative estimate of drug-likeness (QED) is 0.238. The van der Waals surface area contributed by atoms with Crippen LogP contribution >= 0.6 is 0 Å². The van der Waals surface area contributed by atoms with Gasteiger partial charge in [-0.3, -0.25) is 10.1 Å². The number of nitrogens with zero attached hydrogens (tertiary/aromatic N) is 1. The largest absolute Gasteiger partial charge is 0.480 e. The van der Waals surface area contributed by atoms with Gasteiger partial charge < -0.3 is 29.2 Å². The number of aliphatic carboxylic acids is 1. The first-order chi connectivity index (χ1) is 20.5. The summed E-state index contributed by atoms with van der Waals surface area (Å²) in [6.45, 7) is 0.488. The van der Waals surface area contributed by atoms with Crippen molar-refractivity contribution in [2.24, 2.45) is 0 Å². The van der Waals surface area contributed by atoms with Crippen LogP contribution in [0.2, 0.25) is 0 Å². The Morgan fingerprint density at radius 2 is 1.79 bits per heavy atom. The van der Waals surface area contributed by atoms with Gasteiger partial charge in [-0.15, -0.1) is 0 Å². The second-order valence-electron chi connectivity index (χ2n) is 10.8. The van der Waals surface area contributed by atoms with Crippen LogP contribution in [-0.2, 0) is 32.1 Å². The van der Waals surface area contributed by atoms with Gasteiger partial charge in [0.1, 0.15) is 12.6 Å². The molecule has 7 rings (SSSR count). The number of carbonyl (C=O) groups is 3. The smallest absolute Gasteiger partial charge is 0.336 e. The van der Waals surface area contributed by atoms with Crippen LogP contribution in [0.15, 0.2) is 72.8 Å². The van der Waals surface area contributed by atoms with Crippen LogP contribution in [0.5, 0.6) is 11.5 Å². The van der Waals surface area contributed by atoms with Gasteiger partial charge in [-0.05, 0) is 54.3 Å². The van der Waals surface area contributed by atoms with Gasteiger partial charge >= 0.3 is 11.9 Å². The van der Waals surface area contributed by atoms with E-state index in [9.17, 15) is 19.5 Å². The summed E-state index contributed by atoms with van der Waals surface area (Å²) < 4.78 is 16.8. The molecule has 0 radical (unpaired) electrons. The van der Waals surface area contributed by atoms with Gasteiger partial charge in [0.05, 0.1) is 6.04 Å². The second-order valence-corrected chi connectivity index (χ2v) is 10.8. The Balaban J connectivity index is 1.35. The Morgan fingerprint density at radius 3 is 2.57 bits per heavy atom. The number of amides is 1. The standard InChI is InChI=1S/C32H29N3O7/c36-29(37)24-16-22-21-9-4-5-10-23(21)34-27(22)28(20-11-12-25-26(15-20)42-18-41-25)35(24)30(38)32(13-6-14-33-32)31(39)40-17-19-7-2-1-3-8-19/h1-5,7-12,15,24,28,33-34H,6,13-14,16-18H2,(H,36,37)/t24?,28?,32-/m1/s1. The summed E-state index contributed by atoms with van der Waals surface area (Å²) in [6.07, 6.45) is 0.830. The zero-order chi connectivity index (χ0) is 28.8. The van der Waals surface area contributed by atoms with Crippen molar-refractivity contribution in [2.75, 3.05) is 13.3 Å². The number of hydrogen-bond donors (Lipinski definition) is 3. The Kier molecular flexibility index (Phi) is 6.35. The molecule has 3 aromatic carbocycles. The maximum absolute atomic E-state index is 14.8. The number of carboxylic acids is 1. The minimum absolute atomic E-state index is 0.00347. The van der Waals surface area contributed by atoms with E-state index in [1.54, 1.807) is 18.2 Å². The first-order valence-electron chi connectivity index (χ1n) is 14.0. The van der Waals surface area contributed by atoms with Crippen molar-refractivity contribution >= 4 is 28.7 Å². The average molecular weight is 568 g/mol. The average Bonchev–Trinajstić information content (AvgIpc) is 3.77. The van der Waals surface area contributed by atoms with Crippen molar-refractivity contribution in [2.45, 2.75) is 43.5 Å². The molecule has 0 aliphatic carbocycles. The lowest BCUT2D eigenvalue weighted by Crippen LogP contribution is -2.65. The molecule has 3 aliphatic heterocycles. The molecule has 1 saturated heterocycles. The molecule has 1 fully saturated rings. The highest BCUT2D eigenvalue weighted by Gasteiger charge is 2.56. The summed E-state index contributed by atoms with van der Waals surface area (Å²) in [6, 6.07) is 20.2. The fourth-order valence-electron chi connectivity index (χ4n) is 6.41. The number of aromatic nitrogens is 1. The predicted molar refractivity (Wildman–Crippen MR) is 151 cm³/mol. The van der Waals surface area contributed by atoms with Gasteiger partial charge in [-0.2, -0.15) is 0 Å². The minimum Gasteiger partial charge on any atom is -0.480 e. The first-order valence-corrected chi connectivity index (χ1v) is 14.0. The number of aromatic amines is 1. The summed E-state index contributed by atoms with van der Waals surface area (Å²) in [5.41, 5.74) is 2.06. The van der Waals surface area contributed by atoms with Crippen LogP contribution in [0.1, 0.15) is 41.3 Å². The molecule has 1 amide bonds. The number of H-pyrrole nitrogens is 1. The van der Waals surface area contributed by atoms with Crippen molar-refractivity contribution in [1.29, 1.82) is 0 Å². The molecular formula is C32H29N3O7. The van der Waals surface area contributed by atoms with E-state index < -0.39 is 35.5 Å². The Hall–Kier alpha value is -4.83. The molecule has 10 heteroatoms. The zero-order valence-corrected chi connectivity index (χ0v) is 22.7. The van der Waals surface area contributed by atoms with E-state index in [1.165, 1.54) is 4.90 Å². The maximum Gasteiger partial charge on any atom is 0.336 e. The third-order valence-corrected chi connectivity index (χ3v) is 8.45. The van der Waals surface area contributed by atoms with Gasteiger partial charge in [0.2, 0.25) is 6.79 Å². The molecule has 42 heavy (non-hydrogen) atoms. The molecule has 0 saturated carbocycles. The third-order valence-electron chi connectivity index (χ3n) is 8.45. The third kappa shape index (κ3) is 4.18. The number of benzene rings is 3. The highest BCUT2D eigenvalue weighted by molar-refractivity contribution is 6.09. The van der Waals surface area contributed by atoms with Crippen molar-refractivity contribution < 1.29 is 33.7 Å². The number of carbonyl (C=O) groups excluding carboxylic acids is 2. The van der Waals surface area contributed by atoms with Crippen molar-refractivity contribution in [3.8, 4) is 11.5 Å². The maximum atomic E-state index is 14.8. The van der Waals surface area contributed by atoms with E-state index in [0.29, 0.717) is 35.7 Å². The Morgan fingerprint density at radius 1 is 1.00 bits per heavy atom.